The Labute approximate surface area is 358 Å². The Morgan fingerprint density at radius 2 is 0.565 bits per heavy atom. The molecule has 0 unspecified atom stereocenters. The molecule has 12 rings (SSSR count). The maximum atomic E-state index is 5.39. The van der Waals surface area contributed by atoms with Crippen LogP contribution in [0.5, 0.6) is 0 Å². The Morgan fingerprint density at radius 3 is 1.08 bits per heavy atom. The van der Waals surface area contributed by atoms with Gasteiger partial charge >= 0.3 is 0 Å². The Morgan fingerprint density at radius 1 is 0.226 bits per heavy atom. The largest absolute Gasteiger partial charge is 0.278 e. The normalized spacial score (nSPS) is 11.5. The van der Waals surface area contributed by atoms with E-state index in [4.69, 9.17) is 15.0 Å². The van der Waals surface area contributed by atoms with Gasteiger partial charge < -0.3 is 0 Å². The summed E-state index contributed by atoms with van der Waals surface area (Å²) in [5, 5.41) is 4.57. The molecule has 3 heterocycles. The minimum Gasteiger partial charge on any atom is -0.278 e. The molecule has 0 saturated carbocycles. The quantitative estimate of drug-likeness (QED) is 0.162. The molecule has 0 radical (unpaired) electrons. The van der Waals surface area contributed by atoms with Crippen LogP contribution in [0.15, 0.2) is 224 Å². The van der Waals surface area contributed by atoms with E-state index in [1.54, 1.807) is 0 Å². The van der Waals surface area contributed by atoms with Crippen molar-refractivity contribution >= 4 is 43.6 Å². The average molecular weight is 792 g/mol. The van der Waals surface area contributed by atoms with Gasteiger partial charge in [-0.15, -0.1) is 0 Å². The molecule has 0 amide bonds. The first-order chi connectivity index (χ1) is 30.7. The summed E-state index contributed by atoms with van der Waals surface area (Å²) in [6, 6.07) is 79.3. The molecular formula is C57H37N5. The third kappa shape index (κ3) is 6.06. The Bertz CT molecular complexity index is 3550. The first-order valence-electron chi connectivity index (χ1n) is 20.9. The predicted octanol–water partition coefficient (Wildman–Crippen LogP) is 14.4. The first-order valence-corrected chi connectivity index (χ1v) is 20.9. The number of hydrogen-bond acceptors (Lipinski definition) is 3. The monoisotopic (exact) mass is 791 g/mol. The van der Waals surface area contributed by atoms with Crippen molar-refractivity contribution in [2.45, 2.75) is 0 Å². The second-order valence-corrected chi connectivity index (χ2v) is 15.7. The maximum Gasteiger partial charge on any atom is 0.240 e. The summed E-state index contributed by atoms with van der Waals surface area (Å²) in [5.41, 5.74) is 14.3. The Kier molecular flexibility index (Phi) is 8.42. The van der Waals surface area contributed by atoms with Gasteiger partial charge in [-0.25, -0.2) is 0 Å². The standard InChI is InChI=1S/C57H37N5/c1-3-14-38(15-4-1)40-26-28-41(29-27-40)42-30-32-43(33-31-42)44-18-13-19-46(36-44)55-58-56(61-51-23-10-7-20-47(51)48-21-8-11-24-52(48)61)60-57(59-55)62-53-25-12-9-22-49(53)50-35-34-45(37-54(50)62)39-16-5-2-6-17-39/h1-37H. The average Bonchev–Trinajstić information content (AvgIpc) is 3.87. The summed E-state index contributed by atoms with van der Waals surface area (Å²) in [7, 11) is 0. The molecule has 3 aromatic heterocycles. The van der Waals surface area contributed by atoms with Crippen LogP contribution in [0.3, 0.4) is 0 Å². The molecule has 0 bridgehead atoms. The van der Waals surface area contributed by atoms with Gasteiger partial charge in [0.2, 0.25) is 11.9 Å². The number of nitrogens with zero attached hydrogens (tertiary/aromatic N) is 5. The number of hydrogen-bond donors (Lipinski definition) is 0. The van der Waals surface area contributed by atoms with Crippen LogP contribution in [0.1, 0.15) is 0 Å². The van der Waals surface area contributed by atoms with Gasteiger partial charge in [0, 0.05) is 27.1 Å². The highest BCUT2D eigenvalue weighted by molar-refractivity contribution is 6.10. The Hall–Kier alpha value is -8.41. The van der Waals surface area contributed by atoms with E-state index in [9.17, 15) is 0 Å². The zero-order chi connectivity index (χ0) is 41.0. The molecule has 0 aliphatic carbocycles. The van der Waals surface area contributed by atoms with Crippen LogP contribution in [-0.4, -0.2) is 24.1 Å². The molecule has 0 spiro atoms. The molecule has 290 valence electrons. The van der Waals surface area contributed by atoms with E-state index in [1.165, 1.54) is 22.3 Å². The molecule has 0 atom stereocenters. The van der Waals surface area contributed by atoms with E-state index >= 15 is 0 Å². The van der Waals surface area contributed by atoms with E-state index in [1.807, 2.05) is 0 Å². The number of aromatic nitrogens is 5. The van der Waals surface area contributed by atoms with Gasteiger partial charge in [0.1, 0.15) is 0 Å². The van der Waals surface area contributed by atoms with Gasteiger partial charge in [-0.05, 0) is 74.8 Å². The highest BCUT2D eigenvalue weighted by atomic mass is 15.3. The third-order valence-corrected chi connectivity index (χ3v) is 12.0. The van der Waals surface area contributed by atoms with Crippen LogP contribution in [0.2, 0.25) is 0 Å². The smallest absolute Gasteiger partial charge is 0.240 e. The van der Waals surface area contributed by atoms with Crippen molar-refractivity contribution in [3.63, 3.8) is 0 Å². The molecule has 0 aliphatic rings. The van der Waals surface area contributed by atoms with E-state index in [2.05, 4.69) is 234 Å². The molecule has 0 fully saturated rings. The summed E-state index contributed by atoms with van der Waals surface area (Å²) >= 11 is 0. The second-order valence-electron chi connectivity index (χ2n) is 15.7. The summed E-state index contributed by atoms with van der Waals surface area (Å²) < 4.78 is 4.38. The van der Waals surface area contributed by atoms with E-state index < -0.39 is 0 Å². The number of rotatable bonds is 7. The highest BCUT2D eigenvalue weighted by Gasteiger charge is 2.21. The second kappa shape index (κ2) is 14.7. The van der Waals surface area contributed by atoms with Crippen molar-refractivity contribution in [1.82, 2.24) is 24.1 Å². The van der Waals surface area contributed by atoms with Gasteiger partial charge in [0.05, 0.1) is 22.1 Å². The van der Waals surface area contributed by atoms with Crippen LogP contribution < -0.4 is 0 Å². The summed E-state index contributed by atoms with van der Waals surface area (Å²) in [6.45, 7) is 0. The van der Waals surface area contributed by atoms with Crippen molar-refractivity contribution in [3.05, 3.63) is 224 Å². The van der Waals surface area contributed by atoms with Crippen molar-refractivity contribution in [2.75, 3.05) is 0 Å². The van der Waals surface area contributed by atoms with E-state index in [0.717, 1.165) is 71.4 Å². The van der Waals surface area contributed by atoms with E-state index in [-0.39, 0.29) is 0 Å². The summed E-state index contributed by atoms with van der Waals surface area (Å²) in [4.78, 5) is 16.1. The molecular weight excluding hydrogens is 755 g/mol. The fourth-order valence-corrected chi connectivity index (χ4v) is 9.00. The number of fused-ring (bicyclic) bond motifs is 6. The van der Waals surface area contributed by atoms with Crippen molar-refractivity contribution in [3.8, 4) is 67.8 Å². The molecule has 5 heteroatoms. The lowest BCUT2D eigenvalue weighted by Gasteiger charge is -2.13. The van der Waals surface area contributed by atoms with E-state index in [0.29, 0.717) is 17.7 Å². The molecule has 0 saturated heterocycles. The maximum absolute atomic E-state index is 5.39. The van der Waals surface area contributed by atoms with Gasteiger partial charge in [0.25, 0.3) is 0 Å². The lowest BCUT2D eigenvalue weighted by atomic mass is 9.97. The lowest BCUT2D eigenvalue weighted by molar-refractivity contribution is 0.893. The summed E-state index contributed by atoms with van der Waals surface area (Å²) in [5.74, 6) is 1.70. The lowest BCUT2D eigenvalue weighted by Crippen LogP contribution is -2.10. The summed E-state index contributed by atoms with van der Waals surface area (Å²) in [6.07, 6.45) is 0. The zero-order valence-corrected chi connectivity index (χ0v) is 33.6. The molecule has 5 nitrogen and oxygen atoms in total. The minimum atomic E-state index is 0.552. The minimum absolute atomic E-state index is 0.552. The highest BCUT2D eigenvalue weighted by Crippen LogP contribution is 2.37. The molecule has 9 aromatic carbocycles. The van der Waals surface area contributed by atoms with Gasteiger partial charge in [-0.2, -0.15) is 15.0 Å². The van der Waals surface area contributed by atoms with Crippen LogP contribution >= 0.6 is 0 Å². The fraction of sp³-hybridized carbons (Fsp3) is 0. The number of para-hydroxylation sites is 3. The van der Waals surface area contributed by atoms with Crippen molar-refractivity contribution in [1.29, 1.82) is 0 Å². The Balaban J connectivity index is 1.02. The van der Waals surface area contributed by atoms with Crippen LogP contribution in [-0.2, 0) is 0 Å². The topological polar surface area (TPSA) is 48.5 Å². The van der Waals surface area contributed by atoms with Gasteiger partial charge in [-0.3, -0.25) is 9.13 Å². The molecule has 0 N–H and O–H groups in total. The van der Waals surface area contributed by atoms with Crippen LogP contribution in [0, 0.1) is 0 Å². The SMILES string of the molecule is c1ccc(-c2ccc(-c3ccc(-c4cccc(-c5nc(-n6c7ccccc7c7ccccc76)nc(-n6c7ccccc7c7ccc(-c8ccccc8)cc76)n5)c4)cc3)cc2)cc1. The van der Waals surface area contributed by atoms with Crippen LogP contribution in [0.25, 0.3) is 111 Å². The van der Waals surface area contributed by atoms with Gasteiger partial charge in [-0.1, -0.05) is 194 Å². The molecule has 12 aromatic rings. The predicted molar refractivity (Wildman–Crippen MR) is 256 cm³/mol. The first kappa shape index (κ1) is 35.5. The number of benzene rings is 9. The molecule has 0 aliphatic heterocycles. The van der Waals surface area contributed by atoms with Gasteiger partial charge in [0.15, 0.2) is 5.82 Å². The van der Waals surface area contributed by atoms with Crippen molar-refractivity contribution in [2.24, 2.45) is 0 Å². The fourth-order valence-electron chi connectivity index (χ4n) is 9.00. The van der Waals surface area contributed by atoms with Crippen molar-refractivity contribution < 1.29 is 0 Å². The third-order valence-electron chi connectivity index (χ3n) is 12.0. The van der Waals surface area contributed by atoms with Crippen LogP contribution in [0.4, 0.5) is 0 Å². The zero-order valence-electron chi connectivity index (χ0n) is 33.6. The molecule has 62 heavy (non-hydrogen) atoms.